The van der Waals surface area contributed by atoms with Gasteiger partial charge in [-0.1, -0.05) is 24.0 Å². The lowest BCUT2D eigenvalue weighted by atomic mass is 10.1. The summed E-state index contributed by atoms with van der Waals surface area (Å²) in [5, 5.41) is 20.7. The van der Waals surface area contributed by atoms with Crippen LogP contribution in [0.25, 0.3) is 0 Å². The van der Waals surface area contributed by atoms with Crippen LogP contribution in [-0.2, 0) is 0 Å². The molecule has 0 aliphatic carbocycles. The van der Waals surface area contributed by atoms with Crippen LogP contribution in [0.2, 0.25) is 0 Å². The summed E-state index contributed by atoms with van der Waals surface area (Å²) >= 11 is 0. The molecule has 4 nitrogen and oxygen atoms in total. The third-order valence-corrected chi connectivity index (χ3v) is 2.54. The number of aliphatic hydroxyl groups excluding tert-OH is 1. The zero-order chi connectivity index (χ0) is 14.4. The summed E-state index contributed by atoms with van der Waals surface area (Å²) in [6.07, 6.45) is 0. The van der Waals surface area contributed by atoms with E-state index in [-0.39, 0.29) is 18.3 Å². The Labute approximate surface area is 116 Å². The maximum Gasteiger partial charge on any atom is 0.255 e. The molecule has 20 heavy (non-hydrogen) atoms. The number of amides is 1. The van der Waals surface area contributed by atoms with Crippen molar-refractivity contribution in [1.82, 2.24) is 0 Å². The molecule has 2 aromatic rings. The van der Waals surface area contributed by atoms with Gasteiger partial charge in [0.15, 0.2) is 0 Å². The predicted octanol–water partition coefficient (Wildman–Crippen LogP) is 1.99. The molecule has 0 bridgehead atoms. The monoisotopic (exact) mass is 267 g/mol. The molecule has 0 heterocycles. The van der Waals surface area contributed by atoms with Gasteiger partial charge in [-0.05, 0) is 36.4 Å². The Morgan fingerprint density at radius 3 is 2.70 bits per heavy atom. The van der Waals surface area contributed by atoms with Crippen molar-refractivity contribution in [2.75, 3.05) is 11.9 Å². The molecule has 0 fully saturated rings. The molecule has 0 unspecified atom stereocenters. The van der Waals surface area contributed by atoms with E-state index in [0.29, 0.717) is 16.8 Å². The molecule has 0 radical (unpaired) electrons. The minimum atomic E-state index is -0.312. The van der Waals surface area contributed by atoms with Crippen LogP contribution in [0.5, 0.6) is 5.75 Å². The Kier molecular flexibility index (Phi) is 4.38. The average molecular weight is 267 g/mol. The predicted molar refractivity (Wildman–Crippen MR) is 76.5 cm³/mol. The number of phenols is 1. The topological polar surface area (TPSA) is 69.6 Å². The smallest absolute Gasteiger partial charge is 0.255 e. The summed E-state index contributed by atoms with van der Waals surface area (Å²) in [6, 6.07) is 13.1. The van der Waals surface area contributed by atoms with Gasteiger partial charge in [0.25, 0.3) is 5.91 Å². The molecule has 0 aromatic heterocycles. The molecule has 0 spiro atoms. The maximum atomic E-state index is 12.0. The Hall–Kier alpha value is -2.77. The van der Waals surface area contributed by atoms with Crippen molar-refractivity contribution in [1.29, 1.82) is 0 Å². The Morgan fingerprint density at radius 1 is 1.15 bits per heavy atom. The lowest BCUT2D eigenvalue weighted by Crippen LogP contribution is -2.11. The molecule has 2 aromatic carbocycles. The average Bonchev–Trinajstić information content (AvgIpc) is 2.45. The number of aromatic hydroxyl groups is 1. The first-order chi connectivity index (χ1) is 9.69. The molecular weight excluding hydrogens is 254 g/mol. The van der Waals surface area contributed by atoms with E-state index >= 15 is 0 Å². The first-order valence-corrected chi connectivity index (χ1v) is 5.99. The normalized spacial score (nSPS) is 9.45. The van der Waals surface area contributed by atoms with Crippen LogP contribution >= 0.6 is 0 Å². The van der Waals surface area contributed by atoms with E-state index in [1.54, 1.807) is 36.4 Å². The number of carbonyl (C=O) groups excluding carboxylic acids is 1. The van der Waals surface area contributed by atoms with Crippen molar-refractivity contribution in [2.45, 2.75) is 0 Å². The second-order valence-electron chi connectivity index (χ2n) is 4.05. The minimum Gasteiger partial charge on any atom is -0.508 e. The Morgan fingerprint density at radius 2 is 1.95 bits per heavy atom. The summed E-state index contributed by atoms with van der Waals surface area (Å²) in [5.74, 6) is 5.04. The minimum absolute atomic E-state index is 0.0419. The second-order valence-corrected chi connectivity index (χ2v) is 4.05. The third kappa shape index (κ3) is 3.61. The fraction of sp³-hybridized carbons (Fsp3) is 0.0625. The van der Waals surface area contributed by atoms with Gasteiger partial charge in [-0.25, -0.2) is 0 Å². The SMILES string of the molecule is O=C(Nc1cccc(C#CCO)c1)c1cccc(O)c1. The van der Waals surface area contributed by atoms with Gasteiger partial charge >= 0.3 is 0 Å². The van der Waals surface area contributed by atoms with Gasteiger partial charge in [0, 0.05) is 16.8 Å². The van der Waals surface area contributed by atoms with Crippen LogP contribution in [0.15, 0.2) is 48.5 Å². The molecule has 1 amide bonds. The molecule has 0 saturated heterocycles. The quantitative estimate of drug-likeness (QED) is 0.729. The Bertz CT molecular complexity index is 683. The highest BCUT2D eigenvalue weighted by atomic mass is 16.3. The van der Waals surface area contributed by atoms with Gasteiger partial charge < -0.3 is 15.5 Å². The first-order valence-electron chi connectivity index (χ1n) is 5.99. The highest BCUT2D eigenvalue weighted by molar-refractivity contribution is 6.04. The summed E-state index contributed by atoms with van der Waals surface area (Å²) in [6.45, 7) is -0.208. The molecular formula is C16H13NO3. The van der Waals surface area contributed by atoms with Gasteiger partial charge in [-0.3, -0.25) is 4.79 Å². The van der Waals surface area contributed by atoms with Crippen LogP contribution in [0.3, 0.4) is 0 Å². The van der Waals surface area contributed by atoms with Crippen LogP contribution in [-0.4, -0.2) is 22.7 Å². The number of hydrogen-bond acceptors (Lipinski definition) is 3. The standard InChI is InChI=1S/C16H13NO3/c18-9-3-5-12-4-1-7-14(10-12)17-16(20)13-6-2-8-15(19)11-13/h1-2,4,6-8,10-11,18-19H,9H2,(H,17,20). The van der Waals surface area contributed by atoms with Crippen molar-refractivity contribution < 1.29 is 15.0 Å². The summed E-state index contributed by atoms with van der Waals surface area (Å²) in [4.78, 5) is 12.0. The number of carbonyl (C=O) groups is 1. The molecule has 100 valence electrons. The Balaban J connectivity index is 2.15. The molecule has 0 aliphatic rings. The number of aliphatic hydroxyl groups is 1. The number of phenolic OH excluding ortho intramolecular Hbond substituents is 1. The van der Waals surface area contributed by atoms with Gasteiger partial charge in [-0.15, -0.1) is 0 Å². The third-order valence-electron chi connectivity index (χ3n) is 2.54. The lowest BCUT2D eigenvalue weighted by Gasteiger charge is -2.06. The molecule has 0 atom stereocenters. The number of anilines is 1. The van der Waals surface area contributed by atoms with E-state index in [4.69, 9.17) is 5.11 Å². The van der Waals surface area contributed by atoms with Crippen molar-refractivity contribution >= 4 is 11.6 Å². The fourth-order valence-corrected chi connectivity index (χ4v) is 1.67. The van der Waals surface area contributed by atoms with E-state index in [9.17, 15) is 9.90 Å². The highest BCUT2D eigenvalue weighted by Gasteiger charge is 2.06. The van der Waals surface area contributed by atoms with Crippen molar-refractivity contribution in [3.8, 4) is 17.6 Å². The number of rotatable bonds is 2. The van der Waals surface area contributed by atoms with Crippen molar-refractivity contribution in [2.24, 2.45) is 0 Å². The van der Waals surface area contributed by atoms with Crippen molar-refractivity contribution in [3.05, 3.63) is 59.7 Å². The van der Waals surface area contributed by atoms with Gasteiger partial charge in [-0.2, -0.15) is 0 Å². The largest absolute Gasteiger partial charge is 0.508 e. The second kappa shape index (κ2) is 6.41. The van der Waals surface area contributed by atoms with Crippen LogP contribution in [0.4, 0.5) is 5.69 Å². The summed E-state index contributed by atoms with van der Waals surface area (Å²) < 4.78 is 0. The summed E-state index contributed by atoms with van der Waals surface area (Å²) in [5.41, 5.74) is 1.67. The van der Waals surface area contributed by atoms with Crippen LogP contribution in [0, 0.1) is 11.8 Å². The van der Waals surface area contributed by atoms with Gasteiger partial charge in [0.2, 0.25) is 0 Å². The number of benzene rings is 2. The molecule has 4 heteroatoms. The van der Waals surface area contributed by atoms with E-state index in [0.717, 1.165) is 0 Å². The van der Waals surface area contributed by atoms with Crippen molar-refractivity contribution in [3.63, 3.8) is 0 Å². The van der Waals surface area contributed by atoms with Gasteiger partial charge in [0.1, 0.15) is 12.4 Å². The summed E-state index contributed by atoms with van der Waals surface area (Å²) in [7, 11) is 0. The molecule has 2 rings (SSSR count). The zero-order valence-electron chi connectivity index (χ0n) is 10.6. The molecule has 0 aliphatic heterocycles. The maximum absolute atomic E-state index is 12.0. The highest BCUT2D eigenvalue weighted by Crippen LogP contribution is 2.14. The van der Waals surface area contributed by atoms with E-state index in [2.05, 4.69) is 17.2 Å². The fourth-order valence-electron chi connectivity index (χ4n) is 1.67. The number of hydrogen-bond donors (Lipinski definition) is 3. The number of nitrogens with one attached hydrogen (secondary N) is 1. The van der Waals surface area contributed by atoms with E-state index in [1.165, 1.54) is 12.1 Å². The molecule has 0 saturated carbocycles. The lowest BCUT2D eigenvalue weighted by molar-refractivity contribution is 0.102. The van der Waals surface area contributed by atoms with Crippen LogP contribution < -0.4 is 5.32 Å². The van der Waals surface area contributed by atoms with Crippen LogP contribution in [0.1, 0.15) is 15.9 Å². The van der Waals surface area contributed by atoms with E-state index < -0.39 is 0 Å². The zero-order valence-corrected chi connectivity index (χ0v) is 10.6. The first kappa shape index (κ1) is 13.7. The molecule has 3 N–H and O–H groups in total. The van der Waals surface area contributed by atoms with Gasteiger partial charge in [0.05, 0.1) is 0 Å². The van der Waals surface area contributed by atoms with E-state index in [1.807, 2.05) is 0 Å².